The first-order valence-electron chi connectivity index (χ1n) is 11.9. The second kappa shape index (κ2) is 12.6. The van der Waals surface area contributed by atoms with E-state index in [4.69, 9.17) is 13.7 Å². The number of hydrogen-bond donors (Lipinski definition) is 0. The summed E-state index contributed by atoms with van der Waals surface area (Å²) >= 11 is 0. The molecule has 2 aromatic rings. The van der Waals surface area contributed by atoms with Crippen LogP contribution in [-0.4, -0.2) is 46.3 Å². The van der Waals surface area contributed by atoms with Crippen LogP contribution in [0.15, 0.2) is 94.2 Å². The Morgan fingerprint density at radius 2 is 1.27 bits per heavy atom. The first-order valence-corrected chi connectivity index (χ1v) is 14.8. The molecule has 1 aliphatic heterocycles. The fraction of sp³-hybridized carbons (Fsp3) is 0.222. The van der Waals surface area contributed by atoms with Gasteiger partial charge in [-0.1, -0.05) is 12.2 Å². The summed E-state index contributed by atoms with van der Waals surface area (Å²) in [5.41, 5.74) is 0.308. The van der Waals surface area contributed by atoms with Crippen molar-refractivity contribution < 1.29 is 40.1 Å². The van der Waals surface area contributed by atoms with Crippen molar-refractivity contribution in [3.63, 3.8) is 0 Å². The Bertz CT molecular complexity index is 1600. The van der Waals surface area contributed by atoms with E-state index >= 15 is 0 Å². The first-order chi connectivity index (χ1) is 18.9. The minimum Gasteiger partial charge on any atom is -0.462 e. The van der Waals surface area contributed by atoms with Crippen LogP contribution < -0.4 is 0 Å². The van der Waals surface area contributed by atoms with Crippen LogP contribution in [-0.2, 0) is 33.8 Å². The van der Waals surface area contributed by atoms with E-state index in [1.54, 1.807) is 13.8 Å². The van der Waals surface area contributed by atoms with E-state index in [9.17, 15) is 31.7 Å². The molecule has 0 radical (unpaired) electrons. The molecule has 0 bridgehead atoms. The molecule has 0 saturated heterocycles. The molecule has 0 spiro atoms. The summed E-state index contributed by atoms with van der Waals surface area (Å²) in [6.07, 6.45) is 5.26. The minimum absolute atomic E-state index is 0.0601. The zero-order valence-corrected chi connectivity index (χ0v) is 23.4. The lowest BCUT2D eigenvalue weighted by molar-refractivity contribution is 0.0516. The molecule has 3 rings (SSSR count). The molecule has 0 saturated carbocycles. The smallest absolute Gasteiger partial charge is 0.338 e. The van der Waals surface area contributed by atoms with Gasteiger partial charge in [-0.2, -0.15) is 13.7 Å². The van der Waals surface area contributed by atoms with E-state index in [0.29, 0.717) is 0 Å². The number of esters is 2. The number of hydrogen-bond acceptors (Lipinski definition) is 10. The molecular weight excluding hydrogens is 560 g/mol. The molecule has 40 heavy (non-hydrogen) atoms. The number of allylic oxidation sites excluding steroid dienone is 4. The Morgan fingerprint density at radius 3 is 1.70 bits per heavy atom. The van der Waals surface area contributed by atoms with Gasteiger partial charge in [0, 0.05) is 18.3 Å². The highest BCUT2D eigenvalue weighted by Crippen LogP contribution is 2.28. The molecule has 13 heteroatoms. The Kier molecular flexibility index (Phi) is 9.51. The third kappa shape index (κ3) is 6.77. The van der Waals surface area contributed by atoms with Crippen LogP contribution in [0.1, 0.15) is 41.5 Å². The molecule has 0 aromatic heterocycles. The van der Waals surface area contributed by atoms with Gasteiger partial charge in [-0.05, 0) is 69.3 Å². The maximum Gasteiger partial charge on any atom is 0.338 e. The lowest BCUT2D eigenvalue weighted by Gasteiger charge is -2.22. The van der Waals surface area contributed by atoms with Gasteiger partial charge in [-0.25, -0.2) is 22.3 Å². The van der Waals surface area contributed by atoms with Crippen molar-refractivity contribution in [1.29, 1.82) is 5.26 Å². The van der Waals surface area contributed by atoms with Crippen molar-refractivity contribution in [3.05, 3.63) is 95.5 Å². The van der Waals surface area contributed by atoms with Crippen molar-refractivity contribution in [1.82, 2.24) is 4.31 Å². The standard InChI is InChI=1S/C27H26N2O9S2/c1-4-36-26(30)21-6-10-23(11-7-21)39(32,33)29-16-14-20(15-17-29)25(18-28)19(3)38-40(34,35)24-12-8-22(9-13-24)27(31)37-5-2/h6-17,20H,4-5H2,1-3H3/b25-19+. The van der Waals surface area contributed by atoms with Crippen LogP contribution in [0.2, 0.25) is 0 Å². The molecule has 0 unspecified atom stereocenters. The lowest BCUT2D eigenvalue weighted by atomic mass is 9.98. The van der Waals surface area contributed by atoms with Crippen molar-refractivity contribution in [3.8, 4) is 6.07 Å². The largest absolute Gasteiger partial charge is 0.462 e. The second-order valence-electron chi connectivity index (χ2n) is 8.15. The Balaban J connectivity index is 1.76. The van der Waals surface area contributed by atoms with Crippen molar-refractivity contribution in [2.24, 2.45) is 5.92 Å². The second-order valence-corrected chi connectivity index (χ2v) is 11.5. The van der Waals surface area contributed by atoms with E-state index < -0.39 is 38.0 Å². The van der Waals surface area contributed by atoms with Gasteiger partial charge in [0.05, 0.1) is 40.9 Å². The fourth-order valence-electron chi connectivity index (χ4n) is 3.54. The first kappa shape index (κ1) is 30.1. The molecule has 0 amide bonds. The van der Waals surface area contributed by atoms with E-state index in [0.717, 1.165) is 4.31 Å². The fourth-order valence-corrected chi connectivity index (χ4v) is 5.71. The number of benzene rings is 2. The normalized spacial score (nSPS) is 14.2. The zero-order chi connectivity index (χ0) is 29.5. The molecule has 1 heterocycles. The number of nitriles is 1. The average molecular weight is 587 g/mol. The molecular formula is C27H26N2O9S2. The van der Waals surface area contributed by atoms with Crippen LogP contribution in [0.25, 0.3) is 0 Å². The van der Waals surface area contributed by atoms with Gasteiger partial charge in [-0.3, -0.25) is 0 Å². The molecule has 1 aliphatic rings. The topological polar surface area (TPSA) is 157 Å². The lowest BCUT2D eigenvalue weighted by Crippen LogP contribution is -2.23. The highest BCUT2D eigenvalue weighted by molar-refractivity contribution is 7.89. The summed E-state index contributed by atoms with van der Waals surface area (Å²) in [5, 5.41) is 9.71. The van der Waals surface area contributed by atoms with E-state index in [2.05, 4.69) is 0 Å². The number of nitrogens with zero attached hydrogens (tertiary/aromatic N) is 2. The predicted octanol–water partition coefficient (Wildman–Crippen LogP) is 3.89. The zero-order valence-electron chi connectivity index (χ0n) is 21.8. The maximum absolute atomic E-state index is 13.0. The molecule has 0 fully saturated rings. The van der Waals surface area contributed by atoms with Crippen molar-refractivity contribution in [2.45, 2.75) is 30.6 Å². The summed E-state index contributed by atoms with van der Waals surface area (Å²) in [5.74, 6) is -2.15. The predicted molar refractivity (Wildman–Crippen MR) is 142 cm³/mol. The molecule has 0 N–H and O–H groups in total. The van der Waals surface area contributed by atoms with Gasteiger partial charge in [0.15, 0.2) is 0 Å². The molecule has 210 valence electrons. The highest BCUT2D eigenvalue weighted by atomic mass is 32.2. The molecule has 2 aromatic carbocycles. The third-order valence-corrected chi connectivity index (χ3v) is 8.53. The minimum atomic E-state index is -4.34. The number of sulfonamides is 1. The monoisotopic (exact) mass is 586 g/mol. The van der Waals surface area contributed by atoms with Crippen LogP contribution in [0.4, 0.5) is 0 Å². The summed E-state index contributed by atoms with van der Waals surface area (Å²) in [6, 6.07) is 12.1. The Hall–Kier alpha value is -4.41. The van der Waals surface area contributed by atoms with Gasteiger partial charge in [0.25, 0.3) is 10.0 Å². The van der Waals surface area contributed by atoms with Crippen LogP contribution in [0.5, 0.6) is 0 Å². The number of carbonyl (C=O) groups is 2. The van der Waals surface area contributed by atoms with Crippen molar-refractivity contribution in [2.75, 3.05) is 13.2 Å². The summed E-state index contributed by atoms with van der Waals surface area (Å²) in [4.78, 5) is 23.3. The third-order valence-electron chi connectivity index (χ3n) is 5.54. The number of ether oxygens (including phenoxy) is 2. The Morgan fingerprint density at radius 1 is 0.825 bits per heavy atom. The van der Waals surface area contributed by atoms with Crippen LogP contribution in [0.3, 0.4) is 0 Å². The number of carbonyl (C=O) groups excluding carboxylic acids is 2. The Labute approximate surface area is 232 Å². The summed E-state index contributed by atoms with van der Waals surface area (Å²) in [7, 11) is -8.36. The van der Waals surface area contributed by atoms with E-state index in [1.807, 2.05) is 6.07 Å². The van der Waals surface area contributed by atoms with Crippen molar-refractivity contribution >= 4 is 32.1 Å². The molecule has 0 atom stereocenters. The van der Waals surface area contributed by atoms with Gasteiger partial charge in [0.2, 0.25) is 0 Å². The summed E-state index contributed by atoms with van der Waals surface area (Å²) < 4.78 is 67.4. The van der Waals surface area contributed by atoms with Gasteiger partial charge < -0.3 is 13.7 Å². The van der Waals surface area contributed by atoms with Crippen LogP contribution >= 0.6 is 0 Å². The SMILES string of the molecule is CCOC(=O)c1ccc(S(=O)(=O)O/C(C)=C(\C#N)C2C=CN(S(=O)(=O)c3ccc(C(=O)OCC)cc3)C=C2)cc1. The quantitative estimate of drug-likeness (QED) is 0.173. The van der Waals surface area contributed by atoms with Gasteiger partial charge in [0.1, 0.15) is 10.7 Å². The van der Waals surface area contributed by atoms with Gasteiger partial charge >= 0.3 is 22.1 Å². The molecule has 0 aliphatic carbocycles. The van der Waals surface area contributed by atoms with E-state index in [-0.39, 0.29) is 45.5 Å². The summed E-state index contributed by atoms with van der Waals surface area (Å²) in [6.45, 7) is 4.96. The highest BCUT2D eigenvalue weighted by Gasteiger charge is 2.26. The molecule has 11 nitrogen and oxygen atoms in total. The van der Waals surface area contributed by atoms with E-state index in [1.165, 1.54) is 80.0 Å². The van der Waals surface area contributed by atoms with Crippen LogP contribution in [0, 0.1) is 17.2 Å². The average Bonchev–Trinajstić information content (AvgIpc) is 2.94. The maximum atomic E-state index is 13.0. The number of rotatable bonds is 10. The van der Waals surface area contributed by atoms with Gasteiger partial charge in [-0.15, -0.1) is 0 Å².